The van der Waals surface area contributed by atoms with E-state index >= 15 is 0 Å². The van der Waals surface area contributed by atoms with Crippen molar-refractivity contribution in [3.05, 3.63) is 93.4 Å². The van der Waals surface area contributed by atoms with Gasteiger partial charge in [-0.15, -0.1) is 0 Å². The summed E-state index contributed by atoms with van der Waals surface area (Å²) in [7, 11) is 0. The molecule has 40 heavy (non-hydrogen) atoms. The van der Waals surface area contributed by atoms with Gasteiger partial charge in [-0.05, 0) is 43.0 Å². The number of fused-ring (bicyclic) bond motifs is 2. The standard InChI is InChI=1S/C28H25FN6O5/c1-16(14-34-26(37)18-5-2-3-6-19(18)27(34)38)13-32-15-17(29)11-20(25(32)36)22-7-4-9-33(22)23-8-10-35-24(31-23)21(12-30-35)28(39)40/h2-3,5-6,8,10-12,15-16,22H,4,7,9,13-14H2,1H3,(H,39,40). The number of aromatic nitrogens is 4. The van der Waals surface area contributed by atoms with E-state index in [1.165, 1.54) is 26.2 Å². The van der Waals surface area contributed by atoms with Crippen LogP contribution < -0.4 is 10.5 Å². The molecule has 12 heteroatoms. The summed E-state index contributed by atoms with van der Waals surface area (Å²) >= 11 is 0. The van der Waals surface area contributed by atoms with E-state index in [-0.39, 0.29) is 53.2 Å². The molecule has 5 heterocycles. The fraction of sp³-hybridized carbons (Fsp3) is 0.286. The summed E-state index contributed by atoms with van der Waals surface area (Å²) in [6.45, 7) is 2.54. The minimum atomic E-state index is -1.15. The van der Waals surface area contributed by atoms with Crippen molar-refractivity contribution in [3.8, 4) is 0 Å². The Labute approximate surface area is 227 Å². The lowest BCUT2D eigenvalue weighted by molar-refractivity contribution is 0.0625. The van der Waals surface area contributed by atoms with Gasteiger partial charge in [0.15, 0.2) is 5.65 Å². The number of hydrogen-bond acceptors (Lipinski definition) is 7. The van der Waals surface area contributed by atoms with Gasteiger partial charge in [-0.3, -0.25) is 19.3 Å². The second kappa shape index (κ2) is 9.70. The predicted molar refractivity (Wildman–Crippen MR) is 141 cm³/mol. The van der Waals surface area contributed by atoms with E-state index in [4.69, 9.17) is 0 Å². The first kappa shape index (κ1) is 25.4. The van der Waals surface area contributed by atoms with Gasteiger partial charge in [-0.25, -0.2) is 18.7 Å². The first-order valence-corrected chi connectivity index (χ1v) is 12.9. The zero-order chi connectivity index (χ0) is 28.1. The van der Waals surface area contributed by atoms with Crippen LogP contribution in [0.4, 0.5) is 10.2 Å². The molecule has 11 nitrogen and oxygen atoms in total. The topological polar surface area (TPSA) is 130 Å². The number of carboxylic acid groups (broad SMARTS) is 1. The second-order valence-electron chi connectivity index (χ2n) is 10.2. The molecule has 2 unspecified atom stereocenters. The van der Waals surface area contributed by atoms with Crippen molar-refractivity contribution in [2.75, 3.05) is 18.0 Å². The van der Waals surface area contributed by atoms with Crippen LogP contribution in [0.5, 0.6) is 0 Å². The molecule has 3 aromatic heterocycles. The monoisotopic (exact) mass is 544 g/mol. The number of halogens is 1. The maximum absolute atomic E-state index is 14.9. The number of carbonyl (C=O) groups is 3. The maximum Gasteiger partial charge on any atom is 0.341 e. The summed E-state index contributed by atoms with van der Waals surface area (Å²) in [4.78, 5) is 58.2. The number of pyridine rings is 1. The predicted octanol–water partition coefficient (Wildman–Crippen LogP) is 3.00. The fourth-order valence-corrected chi connectivity index (χ4v) is 5.64. The lowest BCUT2D eigenvalue weighted by Crippen LogP contribution is -2.37. The molecular weight excluding hydrogens is 519 g/mol. The smallest absolute Gasteiger partial charge is 0.341 e. The van der Waals surface area contributed by atoms with Crippen molar-refractivity contribution >= 4 is 29.2 Å². The Balaban J connectivity index is 1.26. The van der Waals surface area contributed by atoms with Crippen molar-refractivity contribution < 1.29 is 23.9 Å². The van der Waals surface area contributed by atoms with Crippen LogP contribution in [0.2, 0.25) is 0 Å². The molecule has 1 N–H and O–H groups in total. The number of amides is 2. The zero-order valence-corrected chi connectivity index (χ0v) is 21.5. The molecule has 2 aliphatic heterocycles. The number of nitrogens with zero attached hydrogens (tertiary/aromatic N) is 6. The van der Waals surface area contributed by atoms with Crippen LogP contribution in [-0.2, 0) is 6.54 Å². The molecule has 2 amide bonds. The molecule has 2 aliphatic rings. The van der Waals surface area contributed by atoms with Crippen LogP contribution in [0.3, 0.4) is 0 Å². The summed E-state index contributed by atoms with van der Waals surface area (Å²) in [6.07, 6.45) is 5.28. The Morgan fingerprint density at radius 3 is 2.55 bits per heavy atom. The van der Waals surface area contributed by atoms with Gasteiger partial charge in [0.05, 0.1) is 23.4 Å². The highest BCUT2D eigenvalue weighted by Crippen LogP contribution is 2.34. The van der Waals surface area contributed by atoms with Crippen LogP contribution in [-0.4, -0.2) is 60.0 Å². The van der Waals surface area contributed by atoms with Crippen molar-refractivity contribution in [1.82, 2.24) is 24.1 Å². The molecule has 4 aromatic rings. The molecule has 0 saturated carbocycles. The highest BCUT2D eigenvalue weighted by molar-refractivity contribution is 6.21. The third kappa shape index (κ3) is 4.21. The molecule has 0 bridgehead atoms. The van der Waals surface area contributed by atoms with Crippen molar-refractivity contribution in [2.24, 2.45) is 5.92 Å². The second-order valence-corrected chi connectivity index (χ2v) is 10.2. The zero-order valence-electron chi connectivity index (χ0n) is 21.5. The lowest BCUT2D eigenvalue weighted by Gasteiger charge is -2.26. The van der Waals surface area contributed by atoms with Gasteiger partial charge in [0.1, 0.15) is 17.2 Å². The van der Waals surface area contributed by atoms with Gasteiger partial charge in [-0.2, -0.15) is 5.10 Å². The number of aromatic carboxylic acids is 1. The average Bonchev–Trinajstić information content (AvgIpc) is 3.64. The number of carbonyl (C=O) groups excluding carboxylic acids is 2. The van der Waals surface area contributed by atoms with E-state index in [0.29, 0.717) is 29.9 Å². The summed E-state index contributed by atoms with van der Waals surface area (Å²) in [5, 5.41) is 13.5. The van der Waals surface area contributed by atoms with Crippen LogP contribution >= 0.6 is 0 Å². The van der Waals surface area contributed by atoms with Crippen LogP contribution in [0.15, 0.2) is 59.8 Å². The molecule has 0 radical (unpaired) electrons. The van der Waals surface area contributed by atoms with E-state index < -0.39 is 17.8 Å². The molecule has 6 rings (SSSR count). The van der Waals surface area contributed by atoms with E-state index in [1.54, 1.807) is 43.5 Å². The number of carboxylic acids is 1. The summed E-state index contributed by atoms with van der Waals surface area (Å²) in [6, 6.07) is 9.07. The minimum Gasteiger partial charge on any atom is -0.477 e. The van der Waals surface area contributed by atoms with Gasteiger partial charge >= 0.3 is 5.97 Å². The fourth-order valence-electron chi connectivity index (χ4n) is 5.64. The molecule has 0 aliphatic carbocycles. The van der Waals surface area contributed by atoms with E-state index in [1.807, 2.05) is 4.90 Å². The molecule has 1 saturated heterocycles. The van der Waals surface area contributed by atoms with E-state index in [2.05, 4.69) is 10.1 Å². The first-order valence-electron chi connectivity index (χ1n) is 12.9. The van der Waals surface area contributed by atoms with E-state index in [9.17, 15) is 28.7 Å². The number of imide groups is 1. The maximum atomic E-state index is 14.9. The Hall–Kier alpha value is -4.87. The normalized spacial score (nSPS) is 17.6. The van der Waals surface area contributed by atoms with Crippen LogP contribution in [0, 0.1) is 11.7 Å². The molecule has 2 atom stereocenters. The highest BCUT2D eigenvalue weighted by atomic mass is 19.1. The number of benzene rings is 1. The van der Waals surface area contributed by atoms with Crippen molar-refractivity contribution in [1.29, 1.82) is 0 Å². The average molecular weight is 545 g/mol. The van der Waals surface area contributed by atoms with Gasteiger partial charge in [0, 0.05) is 37.6 Å². The third-order valence-corrected chi connectivity index (χ3v) is 7.45. The van der Waals surface area contributed by atoms with Crippen LogP contribution in [0.1, 0.15) is 62.4 Å². The number of rotatable bonds is 7. The molecular formula is C28H25FN6O5. The number of anilines is 1. The molecule has 1 fully saturated rings. The van der Waals surface area contributed by atoms with Gasteiger partial charge in [0.2, 0.25) is 0 Å². The minimum absolute atomic E-state index is 0.0437. The first-order chi connectivity index (χ1) is 19.2. The summed E-state index contributed by atoms with van der Waals surface area (Å²) in [5.74, 6) is -2.35. The van der Waals surface area contributed by atoms with Gasteiger partial charge in [-0.1, -0.05) is 19.1 Å². The molecule has 1 aromatic carbocycles. The van der Waals surface area contributed by atoms with Gasteiger partial charge in [0.25, 0.3) is 17.4 Å². The molecule has 0 spiro atoms. The van der Waals surface area contributed by atoms with Crippen LogP contribution in [0.25, 0.3) is 5.65 Å². The Morgan fingerprint density at radius 1 is 1.12 bits per heavy atom. The quantitative estimate of drug-likeness (QED) is 0.352. The molecule has 204 valence electrons. The van der Waals surface area contributed by atoms with Crippen molar-refractivity contribution in [3.63, 3.8) is 0 Å². The largest absolute Gasteiger partial charge is 0.477 e. The highest BCUT2D eigenvalue weighted by Gasteiger charge is 2.36. The SMILES string of the molecule is CC(CN1C(=O)c2ccccc2C1=O)Cn1cc(F)cc(C2CCCN2c2ccn3ncc(C(=O)O)c3n2)c1=O. The lowest BCUT2D eigenvalue weighted by atomic mass is 10.1. The summed E-state index contributed by atoms with van der Waals surface area (Å²) < 4.78 is 17.5. The van der Waals surface area contributed by atoms with Gasteiger partial charge < -0.3 is 14.6 Å². The Morgan fingerprint density at radius 2 is 1.85 bits per heavy atom. The number of hydrogen-bond donors (Lipinski definition) is 1. The summed E-state index contributed by atoms with van der Waals surface area (Å²) in [5.41, 5.74) is 0.726. The van der Waals surface area contributed by atoms with E-state index in [0.717, 1.165) is 12.6 Å². The third-order valence-electron chi connectivity index (χ3n) is 7.45. The van der Waals surface area contributed by atoms with Crippen molar-refractivity contribution in [2.45, 2.75) is 32.4 Å². The Kier molecular flexibility index (Phi) is 6.16. The Bertz CT molecular complexity index is 1710.